The molecule has 1 fully saturated rings. The molecule has 0 heterocycles. The van der Waals surface area contributed by atoms with E-state index in [0.29, 0.717) is 10.7 Å². The standard InChI is InChI=1S/C10H13BrCl2/c1-7-6-10(2,13)9(11)5-8(7)3-4-12/h3-4,8-9H,1,5-6H2,2H3/b4-3+/t8-,9-,10+/m0/s1. The fraction of sp³-hybridized carbons (Fsp3) is 0.600. The maximum absolute atomic E-state index is 6.32. The average Bonchev–Trinajstić information content (AvgIpc) is 2.00. The summed E-state index contributed by atoms with van der Waals surface area (Å²) in [6.07, 6.45) is 3.79. The summed E-state index contributed by atoms with van der Waals surface area (Å²) in [5, 5.41) is 0. The highest BCUT2D eigenvalue weighted by Gasteiger charge is 2.37. The molecule has 0 aromatic heterocycles. The molecular weight excluding hydrogens is 271 g/mol. The Bertz CT molecular complexity index is 233. The quantitative estimate of drug-likeness (QED) is 0.492. The van der Waals surface area contributed by atoms with E-state index in [1.165, 1.54) is 5.57 Å². The number of allylic oxidation sites excluding steroid dienone is 2. The van der Waals surface area contributed by atoms with E-state index in [-0.39, 0.29) is 4.87 Å². The molecule has 1 aliphatic rings. The van der Waals surface area contributed by atoms with E-state index in [0.717, 1.165) is 12.8 Å². The number of halogens is 3. The van der Waals surface area contributed by atoms with E-state index < -0.39 is 0 Å². The molecule has 0 aliphatic heterocycles. The molecule has 0 saturated heterocycles. The Labute approximate surface area is 98.1 Å². The molecule has 0 nitrogen and oxygen atoms in total. The van der Waals surface area contributed by atoms with Crippen LogP contribution in [0, 0.1) is 5.92 Å². The Morgan fingerprint density at radius 2 is 2.31 bits per heavy atom. The molecule has 1 aliphatic carbocycles. The fourth-order valence-corrected chi connectivity index (χ4v) is 2.62. The van der Waals surface area contributed by atoms with E-state index in [2.05, 4.69) is 22.5 Å². The number of rotatable bonds is 1. The van der Waals surface area contributed by atoms with Crippen molar-refractivity contribution in [2.75, 3.05) is 0 Å². The summed E-state index contributed by atoms with van der Waals surface area (Å²) in [5.74, 6) is 0.369. The molecule has 13 heavy (non-hydrogen) atoms. The van der Waals surface area contributed by atoms with Gasteiger partial charge in [0, 0.05) is 10.4 Å². The number of alkyl halides is 2. The SMILES string of the molecule is C=C1C[C@@](C)(Cl)[C@@H](Br)C[C@@H]1/C=C/Cl. The second-order valence-electron chi connectivity index (χ2n) is 3.74. The summed E-state index contributed by atoms with van der Waals surface area (Å²) in [4.78, 5) is 0.123. The highest BCUT2D eigenvalue weighted by atomic mass is 79.9. The Balaban J connectivity index is 2.73. The predicted octanol–water partition coefficient (Wildman–Crippen LogP) is 4.47. The third kappa shape index (κ3) is 2.74. The topological polar surface area (TPSA) is 0 Å². The first-order valence-electron chi connectivity index (χ1n) is 4.25. The van der Waals surface area contributed by atoms with Crippen LogP contribution < -0.4 is 0 Å². The van der Waals surface area contributed by atoms with E-state index in [1.54, 1.807) is 5.54 Å². The average molecular weight is 284 g/mol. The van der Waals surface area contributed by atoms with Crippen LogP contribution in [0.2, 0.25) is 0 Å². The number of hydrogen-bond donors (Lipinski definition) is 0. The minimum Gasteiger partial charge on any atom is -0.118 e. The van der Waals surface area contributed by atoms with E-state index in [1.807, 2.05) is 13.0 Å². The molecule has 0 aromatic rings. The van der Waals surface area contributed by atoms with Crippen LogP contribution in [0.3, 0.4) is 0 Å². The van der Waals surface area contributed by atoms with Crippen molar-refractivity contribution in [3.8, 4) is 0 Å². The summed E-state index contributed by atoms with van der Waals surface area (Å²) >= 11 is 15.5. The molecule has 3 heteroatoms. The smallest absolute Gasteiger partial charge is 0.0580 e. The Morgan fingerprint density at radius 3 is 2.85 bits per heavy atom. The van der Waals surface area contributed by atoms with Crippen molar-refractivity contribution >= 4 is 39.1 Å². The second kappa shape index (κ2) is 4.37. The van der Waals surface area contributed by atoms with Crippen LogP contribution >= 0.6 is 39.1 Å². The molecule has 1 saturated carbocycles. The number of hydrogen-bond acceptors (Lipinski definition) is 0. The monoisotopic (exact) mass is 282 g/mol. The van der Waals surface area contributed by atoms with Crippen molar-refractivity contribution in [1.82, 2.24) is 0 Å². The highest BCUT2D eigenvalue weighted by molar-refractivity contribution is 9.09. The molecule has 0 aromatic carbocycles. The van der Waals surface area contributed by atoms with Gasteiger partial charge in [-0.1, -0.05) is 45.8 Å². The van der Waals surface area contributed by atoms with Crippen molar-refractivity contribution in [3.63, 3.8) is 0 Å². The van der Waals surface area contributed by atoms with E-state index in [4.69, 9.17) is 23.2 Å². The largest absolute Gasteiger partial charge is 0.118 e. The van der Waals surface area contributed by atoms with E-state index >= 15 is 0 Å². The van der Waals surface area contributed by atoms with Crippen molar-refractivity contribution < 1.29 is 0 Å². The first kappa shape index (κ1) is 11.6. The molecule has 74 valence electrons. The van der Waals surface area contributed by atoms with Gasteiger partial charge in [0.15, 0.2) is 0 Å². The molecule has 0 bridgehead atoms. The van der Waals surface area contributed by atoms with Crippen molar-refractivity contribution in [1.29, 1.82) is 0 Å². The molecule has 0 unspecified atom stereocenters. The summed E-state index contributed by atoms with van der Waals surface area (Å²) in [5.41, 5.74) is 2.73. The van der Waals surface area contributed by atoms with Gasteiger partial charge in [-0.25, -0.2) is 0 Å². The van der Waals surface area contributed by atoms with Gasteiger partial charge in [-0.3, -0.25) is 0 Å². The molecule has 3 atom stereocenters. The van der Waals surface area contributed by atoms with Gasteiger partial charge < -0.3 is 0 Å². The zero-order valence-corrected chi connectivity index (χ0v) is 10.7. The van der Waals surface area contributed by atoms with Crippen LogP contribution in [0.4, 0.5) is 0 Å². The lowest BCUT2D eigenvalue weighted by molar-refractivity contribution is 0.456. The van der Waals surface area contributed by atoms with Gasteiger partial charge in [-0.05, 0) is 25.7 Å². The molecule has 0 N–H and O–H groups in total. The highest BCUT2D eigenvalue weighted by Crippen LogP contribution is 2.43. The third-order valence-electron chi connectivity index (χ3n) is 2.52. The molecule has 0 spiro atoms. The van der Waals surface area contributed by atoms with Crippen molar-refractivity contribution in [2.24, 2.45) is 5.92 Å². The summed E-state index contributed by atoms with van der Waals surface area (Å²) in [6, 6.07) is 0. The summed E-state index contributed by atoms with van der Waals surface area (Å²) < 4.78 is 0. The van der Waals surface area contributed by atoms with Gasteiger partial charge in [0.1, 0.15) is 0 Å². The van der Waals surface area contributed by atoms with Crippen LogP contribution in [-0.4, -0.2) is 9.70 Å². The van der Waals surface area contributed by atoms with Crippen LogP contribution in [0.5, 0.6) is 0 Å². The summed E-state index contributed by atoms with van der Waals surface area (Å²) in [7, 11) is 0. The predicted molar refractivity (Wildman–Crippen MR) is 63.8 cm³/mol. The minimum absolute atomic E-state index is 0.201. The van der Waals surface area contributed by atoms with Gasteiger partial charge in [0.2, 0.25) is 0 Å². The Kier molecular flexibility index (Phi) is 3.91. The van der Waals surface area contributed by atoms with Gasteiger partial charge >= 0.3 is 0 Å². The maximum Gasteiger partial charge on any atom is 0.0580 e. The Morgan fingerprint density at radius 1 is 1.69 bits per heavy atom. The second-order valence-corrected chi connectivity index (χ2v) is 5.96. The van der Waals surface area contributed by atoms with Crippen LogP contribution in [-0.2, 0) is 0 Å². The van der Waals surface area contributed by atoms with Gasteiger partial charge in [0.05, 0.1) is 4.87 Å². The molecule has 0 amide bonds. The normalized spacial score (nSPS) is 41.4. The first-order valence-corrected chi connectivity index (χ1v) is 5.98. The van der Waals surface area contributed by atoms with Crippen molar-refractivity contribution in [3.05, 3.63) is 23.8 Å². The van der Waals surface area contributed by atoms with Gasteiger partial charge in [0.25, 0.3) is 0 Å². The lowest BCUT2D eigenvalue weighted by Gasteiger charge is -2.37. The van der Waals surface area contributed by atoms with Gasteiger partial charge in [-0.2, -0.15) is 0 Å². The zero-order valence-electron chi connectivity index (χ0n) is 7.56. The zero-order chi connectivity index (χ0) is 10.1. The lowest BCUT2D eigenvalue weighted by atomic mass is 9.79. The summed E-state index contributed by atoms with van der Waals surface area (Å²) in [6.45, 7) is 6.07. The third-order valence-corrected chi connectivity index (χ3v) is 4.71. The Hall–Kier alpha value is 0.540. The minimum atomic E-state index is -0.201. The van der Waals surface area contributed by atoms with Crippen molar-refractivity contribution in [2.45, 2.75) is 29.5 Å². The van der Waals surface area contributed by atoms with Crippen LogP contribution in [0.1, 0.15) is 19.8 Å². The fourth-order valence-electron chi connectivity index (χ4n) is 1.62. The maximum atomic E-state index is 6.32. The van der Waals surface area contributed by atoms with Crippen LogP contribution in [0.25, 0.3) is 0 Å². The van der Waals surface area contributed by atoms with E-state index in [9.17, 15) is 0 Å². The lowest BCUT2D eigenvalue weighted by Crippen LogP contribution is -2.36. The molecule has 1 rings (SSSR count). The molecular formula is C10H13BrCl2. The molecule has 0 radical (unpaired) electrons. The van der Waals surface area contributed by atoms with Crippen LogP contribution in [0.15, 0.2) is 23.8 Å². The van der Waals surface area contributed by atoms with Gasteiger partial charge in [-0.15, -0.1) is 11.6 Å². The first-order chi connectivity index (χ1) is 5.97.